The minimum Gasteiger partial charge on any atom is -0.323 e. The summed E-state index contributed by atoms with van der Waals surface area (Å²) in [6.45, 7) is 4.05. The lowest BCUT2D eigenvalue weighted by molar-refractivity contribution is -0.441. The Morgan fingerprint density at radius 3 is 2.08 bits per heavy atom. The molecule has 3 saturated heterocycles. The highest BCUT2D eigenvalue weighted by molar-refractivity contribution is 6.25. The summed E-state index contributed by atoms with van der Waals surface area (Å²) >= 11 is 5.43. The van der Waals surface area contributed by atoms with E-state index in [1.165, 1.54) is 5.54 Å². The third-order valence-corrected chi connectivity index (χ3v) is 2.26. The average molecular weight is 191 g/mol. The molecule has 2 bridgehead atoms. The van der Waals surface area contributed by atoms with Crippen LogP contribution in [0.15, 0.2) is 11.6 Å². The molecule has 3 rings (SSSR count). The molecule has 3 heterocycles. The predicted octanol–water partition coefficient (Wildman–Crippen LogP) is 1.48. The molecule has 0 saturated carbocycles. The summed E-state index contributed by atoms with van der Waals surface area (Å²) in [4.78, 5) is 0. The number of hydrogen-bond acceptors (Lipinski definition) is 3. The van der Waals surface area contributed by atoms with Gasteiger partial charge >= 0.3 is 5.97 Å². The Morgan fingerprint density at radius 1 is 1.17 bits per heavy atom. The second kappa shape index (κ2) is 2.70. The van der Waals surface area contributed by atoms with Crippen molar-refractivity contribution < 1.29 is 14.2 Å². The van der Waals surface area contributed by atoms with Crippen LogP contribution in [0.25, 0.3) is 0 Å². The summed E-state index contributed by atoms with van der Waals surface area (Å²) in [6, 6.07) is 0. The maximum atomic E-state index is 5.43. The maximum absolute atomic E-state index is 5.43. The predicted molar refractivity (Wildman–Crippen MR) is 43.7 cm³/mol. The van der Waals surface area contributed by atoms with Crippen LogP contribution in [0.5, 0.6) is 0 Å². The minimum absolute atomic E-state index is 0.0158. The molecule has 0 amide bonds. The topological polar surface area (TPSA) is 27.7 Å². The van der Waals surface area contributed by atoms with Crippen LogP contribution in [0, 0.1) is 5.41 Å². The molecule has 4 heteroatoms. The van der Waals surface area contributed by atoms with E-state index in [4.69, 9.17) is 25.8 Å². The molecule has 0 unspecified atom stereocenters. The normalized spacial score (nSPS) is 47.2. The Balaban J connectivity index is 2.14. The minimum atomic E-state index is -1.00. The zero-order valence-electron chi connectivity index (χ0n) is 6.88. The van der Waals surface area contributed by atoms with Gasteiger partial charge < -0.3 is 14.2 Å². The van der Waals surface area contributed by atoms with Crippen LogP contribution in [-0.4, -0.2) is 25.8 Å². The molecule has 0 aromatic heterocycles. The van der Waals surface area contributed by atoms with E-state index in [0.717, 1.165) is 0 Å². The highest BCUT2D eigenvalue weighted by Gasteiger charge is 2.48. The van der Waals surface area contributed by atoms with Gasteiger partial charge in [0.15, 0.2) is 0 Å². The van der Waals surface area contributed by atoms with Gasteiger partial charge in [0.05, 0.1) is 19.8 Å². The van der Waals surface area contributed by atoms with Gasteiger partial charge in [0, 0.05) is 17.0 Å². The fourth-order valence-corrected chi connectivity index (χ4v) is 1.45. The maximum Gasteiger partial charge on any atom is 0.305 e. The summed E-state index contributed by atoms with van der Waals surface area (Å²) < 4.78 is 16.2. The number of rotatable bonds is 1. The second-order valence-electron chi connectivity index (χ2n) is 3.57. The van der Waals surface area contributed by atoms with E-state index in [9.17, 15) is 0 Å². The lowest BCUT2D eigenvalue weighted by Gasteiger charge is -2.48. The molecule has 3 aliphatic rings. The fraction of sp³-hybridized carbons (Fsp3) is 0.750. The first-order chi connectivity index (χ1) is 5.68. The van der Waals surface area contributed by atoms with Crippen molar-refractivity contribution in [3.8, 4) is 0 Å². The smallest absolute Gasteiger partial charge is 0.305 e. The van der Waals surface area contributed by atoms with Crippen molar-refractivity contribution in [2.75, 3.05) is 19.8 Å². The van der Waals surface area contributed by atoms with E-state index in [1.807, 2.05) is 0 Å². The third-order valence-electron chi connectivity index (χ3n) is 2.13. The van der Waals surface area contributed by atoms with Gasteiger partial charge in [-0.15, -0.1) is 0 Å². The van der Waals surface area contributed by atoms with Gasteiger partial charge in [0.2, 0.25) is 0 Å². The molecule has 0 aromatic carbocycles. The van der Waals surface area contributed by atoms with Gasteiger partial charge in [-0.2, -0.15) is 0 Å². The van der Waals surface area contributed by atoms with Crippen molar-refractivity contribution in [3.63, 3.8) is 0 Å². The Hall–Kier alpha value is -0.0900. The van der Waals surface area contributed by atoms with Crippen LogP contribution in [0.1, 0.15) is 6.92 Å². The lowest BCUT2D eigenvalue weighted by Crippen LogP contribution is -2.57. The first-order valence-electron chi connectivity index (χ1n) is 3.88. The molecular formula is C8H11ClO3. The molecule has 68 valence electrons. The summed E-state index contributed by atoms with van der Waals surface area (Å²) in [5, 5.41) is 0. The van der Waals surface area contributed by atoms with E-state index >= 15 is 0 Å². The van der Waals surface area contributed by atoms with Gasteiger partial charge in [-0.3, -0.25) is 0 Å². The highest BCUT2D eigenvalue weighted by Crippen LogP contribution is 2.38. The zero-order valence-corrected chi connectivity index (χ0v) is 7.63. The second-order valence-corrected chi connectivity index (χ2v) is 3.82. The summed E-state index contributed by atoms with van der Waals surface area (Å²) in [5.41, 5.74) is 1.37. The monoisotopic (exact) mass is 190 g/mol. The molecule has 3 fully saturated rings. The molecular weight excluding hydrogens is 180 g/mol. The summed E-state index contributed by atoms with van der Waals surface area (Å²) in [5.74, 6) is -1.00. The van der Waals surface area contributed by atoms with E-state index < -0.39 is 5.97 Å². The first-order valence-corrected chi connectivity index (χ1v) is 4.32. The van der Waals surface area contributed by atoms with Crippen LogP contribution in [0.3, 0.4) is 0 Å². The Bertz CT molecular complexity index is 190. The molecule has 0 radical (unpaired) electrons. The highest BCUT2D eigenvalue weighted by atomic mass is 35.5. The van der Waals surface area contributed by atoms with Gasteiger partial charge in [-0.05, 0) is 0 Å². The van der Waals surface area contributed by atoms with Crippen molar-refractivity contribution in [1.82, 2.24) is 0 Å². The van der Waals surface area contributed by atoms with E-state index in [2.05, 4.69) is 6.92 Å². The summed E-state index contributed by atoms with van der Waals surface area (Å²) in [6.07, 6.45) is 1.58. The van der Waals surface area contributed by atoms with Gasteiger partial charge in [0.1, 0.15) is 0 Å². The average Bonchev–Trinajstić information content (AvgIpc) is 2.08. The van der Waals surface area contributed by atoms with Crippen molar-refractivity contribution in [3.05, 3.63) is 11.6 Å². The lowest BCUT2D eigenvalue weighted by atomic mass is 9.92. The number of hydrogen-bond donors (Lipinski definition) is 0. The van der Waals surface area contributed by atoms with Crippen LogP contribution in [0.2, 0.25) is 0 Å². The van der Waals surface area contributed by atoms with Crippen molar-refractivity contribution in [1.29, 1.82) is 0 Å². The number of halogens is 1. The third kappa shape index (κ3) is 1.27. The molecule has 0 aromatic rings. The van der Waals surface area contributed by atoms with E-state index in [-0.39, 0.29) is 5.41 Å². The largest absolute Gasteiger partial charge is 0.323 e. The Kier molecular flexibility index (Phi) is 1.92. The first kappa shape index (κ1) is 8.51. The molecule has 3 nitrogen and oxygen atoms in total. The molecule has 0 atom stereocenters. The van der Waals surface area contributed by atoms with Crippen molar-refractivity contribution >= 4 is 11.6 Å². The van der Waals surface area contributed by atoms with Crippen LogP contribution in [0.4, 0.5) is 0 Å². The quantitative estimate of drug-likeness (QED) is 0.627. The van der Waals surface area contributed by atoms with Crippen LogP contribution < -0.4 is 0 Å². The van der Waals surface area contributed by atoms with Crippen molar-refractivity contribution in [2.24, 2.45) is 5.41 Å². The molecule has 12 heavy (non-hydrogen) atoms. The Labute approximate surface area is 76.2 Å². The van der Waals surface area contributed by atoms with Gasteiger partial charge in [-0.25, -0.2) is 0 Å². The van der Waals surface area contributed by atoms with Gasteiger partial charge in [0.25, 0.3) is 0 Å². The zero-order chi connectivity index (χ0) is 8.66. The van der Waals surface area contributed by atoms with E-state index in [0.29, 0.717) is 19.8 Å². The summed E-state index contributed by atoms with van der Waals surface area (Å²) in [7, 11) is 0. The fourth-order valence-electron chi connectivity index (χ4n) is 1.30. The van der Waals surface area contributed by atoms with Gasteiger partial charge in [-0.1, -0.05) is 18.5 Å². The molecule has 0 spiro atoms. The van der Waals surface area contributed by atoms with Crippen LogP contribution in [-0.2, 0) is 14.2 Å². The van der Waals surface area contributed by atoms with E-state index in [1.54, 1.807) is 6.08 Å². The molecule has 0 N–H and O–H groups in total. The van der Waals surface area contributed by atoms with Crippen LogP contribution >= 0.6 is 11.6 Å². The van der Waals surface area contributed by atoms with Crippen molar-refractivity contribution in [2.45, 2.75) is 12.9 Å². The number of ether oxygens (including phenoxy) is 3. The SMILES string of the molecule is CC12COC(/C=C/Cl)(OC1)OC2. The Morgan fingerprint density at radius 2 is 1.67 bits per heavy atom. The number of fused-ring (bicyclic) bond motifs is 3. The molecule has 3 aliphatic heterocycles. The molecule has 0 aliphatic carbocycles. The standard InChI is InChI=1S/C8H11ClO3/c1-7-4-10-8(2-3-9,11-5-7)12-6-7/h2-3H,4-6H2,1H3/b3-2+.